The van der Waals surface area contributed by atoms with Crippen LogP contribution in [0.3, 0.4) is 0 Å². The number of aromatic nitrogens is 2. The van der Waals surface area contributed by atoms with Crippen LogP contribution in [0.2, 0.25) is 0 Å². The molecule has 2 heterocycles. The normalized spacial score (nSPS) is 23.5. The zero-order valence-corrected chi connectivity index (χ0v) is 10.5. The smallest absolute Gasteiger partial charge is 0.257 e. The van der Waals surface area contributed by atoms with E-state index in [2.05, 4.69) is 15.5 Å². The Labute approximate surface area is 99.5 Å². The van der Waals surface area contributed by atoms with Crippen molar-refractivity contribution in [2.45, 2.75) is 18.3 Å². The van der Waals surface area contributed by atoms with Crippen LogP contribution in [0.1, 0.15) is 30.0 Å². The first-order chi connectivity index (χ1) is 7.98. The van der Waals surface area contributed by atoms with Crippen LogP contribution in [-0.2, 0) is 14.6 Å². The number of hydrogen-bond acceptors (Lipinski definition) is 7. The Bertz CT molecular complexity index is 478. The predicted molar refractivity (Wildman–Crippen MR) is 59.1 cm³/mol. The highest BCUT2D eigenvalue weighted by Gasteiger charge is 2.27. The molecule has 8 heteroatoms. The fraction of sp³-hybridized carbons (Fsp3) is 0.778. The summed E-state index contributed by atoms with van der Waals surface area (Å²) >= 11 is 0. The van der Waals surface area contributed by atoms with Crippen molar-refractivity contribution in [2.24, 2.45) is 0 Å². The number of hydrogen-bond donors (Lipinski definition) is 1. The van der Waals surface area contributed by atoms with Gasteiger partial charge in [-0.1, -0.05) is 5.16 Å². The lowest BCUT2D eigenvalue weighted by atomic mass is 10.3. The Morgan fingerprint density at radius 1 is 1.53 bits per heavy atom. The van der Waals surface area contributed by atoms with E-state index in [-0.39, 0.29) is 11.9 Å². The second-order valence-corrected chi connectivity index (χ2v) is 6.39. The van der Waals surface area contributed by atoms with E-state index in [0.717, 1.165) is 12.8 Å². The molecule has 2 rings (SSSR count). The Kier molecular flexibility index (Phi) is 3.45. The van der Waals surface area contributed by atoms with Crippen LogP contribution in [0.25, 0.3) is 0 Å². The van der Waals surface area contributed by atoms with E-state index in [4.69, 9.17) is 9.26 Å². The van der Waals surface area contributed by atoms with Crippen molar-refractivity contribution in [3.05, 3.63) is 11.7 Å². The van der Waals surface area contributed by atoms with E-state index in [1.165, 1.54) is 6.92 Å². The average Bonchev–Trinajstić information content (AvgIpc) is 2.77. The van der Waals surface area contributed by atoms with Gasteiger partial charge >= 0.3 is 0 Å². The second kappa shape index (κ2) is 4.71. The van der Waals surface area contributed by atoms with Gasteiger partial charge in [-0.25, -0.2) is 8.42 Å². The van der Waals surface area contributed by atoms with E-state index < -0.39 is 15.1 Å². The molecule has 2 unspecified atom stereocenters. The molecule has 2 atom stereocenters. The van der Waals surface area contributed by atoms with Crippen LogP contribution in [-0.4, -0.2) is 44.5 Å². The van der Waals surface area contributed by atoms with Gasteiger partial charge in [0.2, 0.25) is 0 Å². The minimum atomic E-state index is -3.21. The molecular formula is C9H15N3O4S. The summed E-state index contributed by atoms with van der Waals surface area (Å²) in [7, 11) is -3.21. The molecule has 0 bridgehead atoms. The summed E-state index contributed by atoms with van der Waals surface area (Å²) in [6, 6.07) is 0. The fourth-order valence-electron chi connectivity index (χ4n) is 1.46. The lowest BCUT2D eigenvalue weighted by Gasteiger charge is -2.19. The van der Waals surface area contributed by atoms with Gasteiger partial charge in [0, 0.05) is 19.3 Å². The van der Waals surface area contributed by atoms with Crippen LogP contribution in [0.15, 0.2) is 4.52 Å². The number of morpholine rings is 1. The zero-order valence-electron chi connectivity index (χ0n) is 9.71. The third-order valence-electron chi connectivity index (χ3n) is 2.67. The minimum Gasteiger partial charge on any atom is -0.366 e. The summed E-state index contributed by atoms with van der Waals surface area (Å²) in [5, 5.41) is 6.05. The molecule has 0 aliphatic carbocycles. The Morgan fingerprint density at radius 2 is 2.29 bits per heavy atom. The van der Waals surface area contributed by atoms with Gasteiger partial charge in [-0.3, -0.25) is 0 Å². The number of ether oxygens (including phenoxy) is 1. The van der Waals surface area contributed by atoms with Crippen molar-refractivity contribution >= 4 is 9.84 Å². The predicted octanol–water partition coefficient (Wildman–Crippen LogP) is -0.164. The van der Waals surface area contributed by atoms with Gasteiger partial charge in [0.25, 0.3) is 5.89 Å². The summed E-state index contributed by atoms with van der Waals surface area (Å²) in [5.41, 5.74) is 0. The van der Waals surface area contributed by atoms with Crippen LogP contribution < -0.4 is 5.32 Å². The Morgan fingerprint density at radius 3 is 2.88 bits per heavy atom. The van der Waals surface area contributed by atoms with Gasteiger partial charge in [0.15, 0.2) is 15.7 Å². The molecule has 1 aliphatic heterocycles. The summed E-state index contributed by atoms with van der Waals surface area (Å²) in [5.74, 6) is 0.499. The quantitative estimate of drug-likeness (QED) is 0.807. The monoisotopic (exact) mass is 261 g/mol. The molecule has 96 valence electrons. The molecule has 0 amide bonds. The number of nitrogens with zero attached hydrogens (tertiary/aromatic N) is 2. The number of nitrogens with one attached hydrogen (secondary N) is 1. The maximum Gasteiger partial charge on any atom is 0.257 e. The lowest BCUT2D eigenvalue weighted by molar-refractivity contribution is 0.00755. The highest BCUT2D eigenvalue weighted by atomic mass is 32.2. The van der Waals surface area contributed by atoms with Gasteiger partial charge in [-0.2, -0.15) is 4.98 Å². The van der Waals surface area contributed by atoms with Crippen molar-refractivity contribution in [1.29, 1.82) is 0 Å². The van der Waals surface area contributed by atoms with Crippen LogP contribution in [0.5, 0.6) is 0 Å². The van der Waals surface area contributed by atoms with Crippen LogP contribution >= 0.6 is 0 Å². The first kappa shape index (κ1) is 12.5. The third-order valence-corrected chi connectivity index (χ3v) is 4.16. The summed E-state index contributed by atoms with van der Waals surface area (Å²) in [6.07, 6.45) is 0.851. The van der Waals surface area contributed by atoms with E-state index in [9.17, 15) is 8.42 Å². The largest absolute Gasteiger partial charge is 0.366 e. The first-order valence-corrected chi connectivity index (χ1v) is 7.28. The third kappa shape index (κ3) is 2.82. The highest BCUT2D eigenvalue weighted by molar-refractivity contribution is 7.90. The summed E-state index contributed by atoms with van der Waals surface area (Å²) < 4.78 is 33.2. The molecule has 0 aromatic carbocycles. The Hall–Kier alpha value is -0.990. The molecule has 17 heavy (non-hydrogen) atoms. The van der Waals surface area contributed by atoms with Gasteiger partial charge in [0.1, 0.15) is 11.4 Å². The SMILES string of the molecule is CC(c1noc(C2CNCCO2)n1)S(C)(=O)=O. The van der Waals surface area contributed by atoms with Gasteiger partial charge < -0.3 is 14.6 Å². The molecule has 0 saturated carbocycles. The first-order valence-electron chi connectivity index (χ1n) is 5.33. The molecule has 1 aromatic rings. The second-order valence-electron chi connectivity index (χ2n) is 4.03. The highest BCUT2D eigenvalue weighted by Crippen LogP contribution is 2.22. The average molecular weight is 261 g/mol. The molecule has 1 aliphatic rings. The summed E-state index contributed by atoms with van der Waals surface area (Å²) in [6.45, 7) is 3.49. The van der Waals surface area contributed by atoms with Gasteiger partial charge in [-0.05, 0) is 6.92 Å². The fourth-order valence-corrected chi connectivity index (χ4v) is 1.94. The topological polar surface area (TPSA) is 94.3 Å². The maximum atomic E-state index is 11.4. The number of sulfone groups is 1. The van der Waals surface area contributed by atoms with E-state index in [0.29, 0.717) is 19.0 Å². The molecule has 1 aromatic heterocycles. The van der Waals surface area contributed by atoms with Crippen molar-refractivity contribution in [3.63, 3.8) is 0 Å². The van der Waals surface area contributed by atoms with Crippen molar-refractivity contribution in [2.75, 3.05) is 26.0 Å². The van der Waals surface area contributed by atoms with Crippen molar-refractivity contribution in [3.8, 4) is 0 Å². The molecule has 1 N–H and O–H groups in total. The molecule has 0 spiro atoms. The standard InChI is InChI=1S/C9H15N3O4S/c1-6(17(2,13)14)8-11-9(16-12-8)7-5-10-3-4-15-7/h6-7,10H,3-5H2,1-2H3. The van der Waals surface area contributed by atoms with Crippen molar-refractivity contribution < 1.29 is 17.7 Å². The zero-order chi connectivity index (χ0) is 12.5. The van der Waals surface area contributed by atoms with E-state index >= 15 is 0 Å². The summed E-state index contributed by atoms with van der Waals surface area (Å²) in [4.78, 5) is 4.08. The molecule has 1 saturated heterocycles. The van der Waals surface area contributed by atoms with Crippen LogP contribution in [0, 0.1) is 0 Å². The Balaban J connectivity index is 2.15. The van der Waals surface area contributed by atoms with E-state index in [1.54, 1.807) is 0 Å². The molecule has 1 fully saturated rings. The van der Waals surface area contributed by atoms with Gasteiger partial charge in [-0.15, -0.1) is 0 Å². The van der Waals surface area contributed by atoms with Crippen molar-refractivity contribution in [1.82, 2.24) is 15.5 Å². The van der Waals surface area contributed by atoms with Crippen LogP contribution in [0.4, 0.5) is 0 Å². The van der Waals surface area contributed by atoms with Gasteiger partial charge in [0.05, 0.1) is 6.61 Å². The minimum absolute atomic E-state index is 0.177. The molecule has 7 nitrogen and oxygen atoms in total. The molecular weight excluding hydrogens is 246 g/mol. The maximum absolute atomic E-state index is 11.4. The lowest BCUT2D eigenvalue weighted by Crippen LogP contribution is -2.33. The molecule has 0 radical (unpaired) electrons. The number of rotatable bonds is 3. The van der Waals surface area contributed by atoms with E-state index in [1.807, 2.05) is 0 Å².